The van der Waals surface area contributed by atoms with E-state index in [2.05, 4.69) is 4.42 Å². The van der Waals surface area contributed by atoms with Crippen LogP contribution in [0, 0.1) is 11.6 Å². The highest BCUT2D eigenvalue weighted by Crippen LogP contribution is 2.26. The van der Waals surface area contributed by atoms with E-state index in [0.29, 0.717) is 0 Å². The molecule has 0 atom stereocenters. The molecule has 0 radical (unpaired) electrons. The number of fused-ring (bicyclic) bond motifs is 1. The number of carbonyl (C=O) groups excluding carboxylic acids is 2. The number of ketones is 1. The van der Waals surface area contributed by atoms with Crippen molar-refractivity contribution in [2.24, 2.45) is 0 Å². The first-order chi connectivity index (χ1) is 7.15. The fraction of sp³-hybridized carbons (Fsp3) is 0. The van der Waals surface area contributed by atoms with Crippen molar-refractivity contribution >= 4 is 22.8 Å². The summed E-state index contributed by atoms with van der Waals surface area (Å²) in [6, 6.07) is 1.79. The number of Topliss-reactive ketones (excluding diaryl/α,β-unsaturated/α-hetero) is 1. The maximum Gasteiger partial charge on any atom is 0.261 e. The van der Waals surface area contributed by atoms with Gasteiger partial charge in [-0.05, 0) is 12.1 Å². The largest absolute Gasteiger partial charge is 0.459 e. The van der Waals surface area contributed by atoms with Crippen LogP contribution in [-0.2, 0) is 4.79 Å². The number of hydrogen-bond donors (Lipinski definition) is 0. The van der Waals surface area contributed by atoms with Gasteiger partial charge in [0.15, 0.2) is 12.0 Å². The molecule has 15 heavy (non-hydrogen) atoms. The van der Waals surface area contributed by atoms with E-state index >= 15 is 0 Å². The average Bonchev–Trinajstić information content (AvgIpc) is 2.68. The van der Waals surface area contributed by atoms with Crippen molar-refractivity contribution in [2.45, 2.75) is 0 Å². The molecule has 76 valence electrons. The molecule has 0 N–H and O–H groups in total. The number of furan rings is 1. The molecule has 2 rings (SSSR count). The molecule has 0 aliphatic carbocycles. The predicted molar refractivity (Wildman–Crippen MR) is 46.5 cm³/mol. The lowest BCUT2D eigenvalue weighted by molar-refractivity contribution is -0.104. The van der Waals surface area contributed by atoms with Crippen molar-refractivity contribution < 1.29 is 22.8 Å². The fourth-order valence-electron chi connectivity index (χ4n) is 1.33. The molecule has 0 bridgehead atoms. The highest BCUT2D eigenvalue weighted by molar-refractivity contribution is 6.35. The molecule has 0 unspecified atom stereocenters. The molecule has 1 aromatic heterocycles. The summed E-state index contributed by atoms with van der Waals surface area (Å²) in [4.78, 5) is 21.2. The number of rotatable bonds is 2. The second-order valence-electron chi connectivity index (χ2n) is 2.86. The summed E-state index contributed by atoms with van der Waals surface area (Å²) in [7, 11) is 0. The maximum absolute atomic E-state index is 13.3. The molecule has 5 heteroatoms. The van der Waals surface area contributed by atoms with Gasteiger partial charge in [0.2, 0.25) is 0 Å². The third kappa shape index (κ3) is 1.32. The molecule has 3 nitrogen and oxygen atoms in total. The molecule has 1 aromatic carbocycles. The lowest BCUT2D eigenvalue weighted by Gasteiger charge is -1.94. The maximum atomic E-state index is 13.3. The first-order valence-corrected chi connectivity index (χ1v) is 4.00. The van der Waals surface area contributed by atoms with Crippen LogP contribution >= 0.6 is 0 Å². The number of benzene rings is 1. The van der Waals surface area contributed by atoms with Crippen LogP contribution in [0.1, 0.15) is 10.6 Å². The third-order valence-corrected chi connectivity index (χ3v) is 1.99. The van der Waals surface area contributed by atoms with Gasteiger partial charge < -0.3 is 4.42 Å². The Morgan fingerprint density at radius 2 is 1.93 bits per heavy atom. The quantitative estimate of drug-likeness (QED) is 0.433. The fourth-order valence-corrected chi connectivity index (χ4v) is 1.33. The van der Waals surface area contributed by atoms with Crippen LogP contribution < -0.4 is 0 Å². The summed E-state index contributed by atoms with van der Waals surface area (Å²) in [6.45, 7) is 0. The number of carbonyl (C=O) groups is 2. The van der Waals surface area contributed by atoms with Crippen molar-refractivity contribution in [2.75, 3.05) is 0 Å². The van der Waals surface area contributed by atoms with Gasteiger partial charge in [0.1, 0.15) is 17.9 Å². The molecule has 1 heterocycles. The van der Waals surface area contributed by atoms with E-state index in [1.165, 1.54) is 0 Å². The summed E-state index contributed by atoms with van der Waals surface area (Å²) in [6.07, 6.45) is 0.896. The van der Waals surface area contributed by atoms with Gasteiger partial charge >= 0.3 is 0 Å². The van der Waals surface area contributed by atoms with Crippen LogP contribution in [0.25, 0.3) is 10.8 Å². The van der Waals surface area contributed by atoms with Gasteiger partial charge in [-0.1, -0.05) is 0 Å². The second-order valence-corrected chi connectivity index (χ2v) is 2.86. The summed E-state index contributed by atoms with van der Waals surface area (Å²) in [5.41, 5.74) is 0. The molecule has 0 spiro atoms. The van der Waals surface area contributed by atoms with Crippen LogP contribution in [0.3, 0.4) is 0 Å². The van der Waals surface area contributed by atoms with E-state index in [4.69, 9.17) is 0 Å². The van der Waals surface area contributed by atoms with Gasteiger partial charge in [0, 0.05) is 0 Å². The van der Waals surface area contributed by atoms with Crippen LogP contribution in [0.2, 0.25) is 0 Å². The second kappa shape index (κ2) is 3.27. The van der Waals surface area contributed by atoms with Crippen LogP contribution in [0.5, 0.6) is 0 Å². The monoisotopic (exact) mass is 210 g/mol. The van der Waals surface area contributed by atoms with E-state index in [9.17, 15) is 18.4 Å². The molecule has 0 aliphatic rings. The summed E-state index contributed by atoms with van der Waals surface area (Å²) in [5.74, 6) is -3.00. The van der Waals surface area contributed by atoms with E-state index in [1.54, 1.807) is 0 Å². The van der Waals surface area contributed by atoms with E-state index in [-0.39, 0.29) is 17.1 Å². The van der Waals surface area contributed by atoms with Gasteiger partial charge in [-0.25, -0.2) is 8.78 Å². The van der Waals surface area contributed by atoms with Gasteiger partial charge in [0.25, 0.3) is 5.78 Å². The number of hydrogen-bond acceptors (Lipinski definition) is 3. The standard InChI is InChI=1S/C10H4F2O3/c11-6-1-2-7(12)9-5(6)4-15-10(9)8(14)3-13/h1-4H. The van der Waals surface area contributed by atoms with Crippen LogP contribution in [0.15, 0.2) is 22.8 Å². The molecule has 0 saturated heterocycles. The minimum absolute atomic E-state index is 0.0113. The number of halogens is 2. The Morgan fingerprint density at radius 3 is 2.60 bits per heavy atom. The Morgan fingerprint density at radius 1 is 1.27 bits per heavy atom. The van der Waals surface area contributed by atoms with E-state index < -0.39 is 23.2 Å². The SMILES string of the molecule is O=CC(=O)c1occ2c(F)ccc(F)c12. The van der Waals surface area contributed by atoms with Gasteiger partial charge in [-0.15, -0.1) is 0 Å². The first-order valence-electron chi connectivity index (χ1n) is 4.00. The lowest BCUT2D eigenvalue weighted by Crippen LogP contribution is -1.99. The van der Waals surface area contributed by atoms with Gasteiger partial charge in [0.05, 0.1) is 10.8 Å². The van der Waals surface area contributed by atoms with Crippen molar-refractivity contribution in [1.82, 2.24) is 0 Å². The highest BCUT2D eigenvalue weighted by Gasteiger charge is 2.19. The zero-order valence-electron chi connectivity index (χ0n) is 7.29. The summed E-state index contributed by atoms with van der Waals surface area (Å²) in [5, 5.41) is -0.452. The highest BCUT2D eigenvalue weighted by atomic mass is 19.1. The Bertz CT molecular complexity index is 557. The molecule has 0 saturated carbocycles. The van der Waals surface area contributed by atoms with Gasteiger partial charge in [-0.3, -0.25) is 9.59 Å². The smallest absolute Gasteiger partial charge is 0.261 e. The number of aldehydes is 1. The molecule has 2 aromatic rings. The average molecular weight is 210 g/mol. The predicted octanol–water partition coefficient (Wildman–Crippen LogP) is 2.09. The molecular weight excluding hydrogens is 206 g/mol. The molecular formula is C10H4F2O3. The minimum Gasteiger partial charge on any atom is -0.459 e. The Kier molecular flexibility index (Phi) is 2.07. The Balaban J connectivity index is 2.84. The molecule has 0 aliphatic heterocycles. The van der Waals surface area contributed by atoms with E-state index in [0.717, 1.165) is 18.4 Å². The van der Waals surface area contributed by atoms with Crippen molar-refractivity contribution in [3.8, 4) is 0 Å². The zero-order valence-corrected chi connectivity index (χ0v) is 7.29. The topological polar surface area (TPSA) is 47.3 Å². The Labute approximate surface area is 82.3 Å². The summed E-state index contributed by atoms with van der Waals surface area (Å²) >= 11 is 0. The van der Waals surface area contributed by atoms with Crippen molar-refractivity contribution in [1.29, 1.82) is 0 Å². The van der Waals surface area contributed by atoms with Crippen molar-refractivity contribution in [3.63, 3.8) is 0 Å². The van der Waals surface area contributed by atoms with Gasteiger partial charge in [-0.2, -0.15) is 0 Å². The first kappa shape index (κ1) is 9.51. The lowest BCUT2D eigenvalue weighted by atomic mass is 10.1. The molecule has 0 fully saturated rings. The van der Waals surface area contributed by atoms with Crippen LogP contribution in [0.4, 0.5) is 8.78 Å². The third-order valence-electron chi connectivity index (χ3n) is 1.99. The molecule has 0 amide bonds. The van der Waals surface area contributed by atoms with Crippen LogP contribution in [-0.4, -0.2) is 12.1 Å². The van der Waals surface area contributed by atoms with Crippen molar-refractivity contribution in [3.05, 3.63) is 35.8 Å². The summed E-state index contributed by atoms with van der Waals surface area (Å²) < 4.78 is 31.1. The normalized spacial score (nSPS) is 10.5. The zero-order chi connectivity index (χ0) is 11.0. The Hall–Kier alpha value is -2.04. The minimum atomic E-state index is -1.02. The van der Waals surface area contributed by atoms with E-state index in [1.807, 2.05) is 0 Å².